The second-order valence-corrected chi connectivity index (χ2v) is 6.46. The van der Waals surface area contributed by atoms with E-state index in [1.54, 1.807) is 0 Å². The number of carbonyl (C=O) groups excluding carboxylic acids is 1. The molecule has 18 heavy (non-hydrogen) atoms. The molecule has 0 spiro atoms. The molecule has 2 unspecified atom stereocenters. The fraction of sp³-hybridized carbons (Fsp3) is 0.462. The highest BCUT2D eigenvalue weighted by atomic mass is 79.9. The van der Waals surface area contributed by atoms with Crippen LogP contribution in [0.3, 0.4) is 0 Å². The van der Waals surface area contributed by atoms with Gasteiger partial charge < -0.3 is 9.64 Å². The van der Waals surface area contributed by atoms with Gasteiger partial charge in [0.2, 0.25) is 0 Å². The average molecular weight is 377 g/mol. The van der Waals surface area contributed by atoms with Gasteiger partial charge in [-0.15, -0.1) is 0 Å². The van der Waals surface area contributed by atoms with E-state index in [9.17, 15) is 4.79 Å². The first kappa shape index (κ1) is 14.0. The molecule has 0 aliphatic carbocycles. The van der Waals surface area contributed by atoms with E-state index in [1.165, 1.54) is 0 Å². The number of morpholine rings is 1. The first-order chi connectivity index (χ1) is 8.45. The second kappa shape index (κ2) is 5.72. The maximum absolute atomic E-state index is 12.4. The van der Waals surface area contributed by atoms with E-state index >= 15 is 0 Å². The van der Waals surface area contributed by atoms with Gasteiger partial charge in [0, 0.05) is 27.6 Å². The number of halogens is 2. The van der Waals surface area contributed by atoms with Crippen molar-refractivity contribution in [3.63, 3.8) is 0 Å². The topological polar surface area (TPSA) is 29.5 Å². The fourth-order valence-corrected chi connectivity index (χ4v) is 3.50. The minimum atomic E-state index is 0.0546. The quantitative estimate of drug-likeness (QED) is 0.751. The Morgan fingerprint density at radius 1 is 1.17 bits per heavy atom. The van der Waals surface area contributed by atoms with Gasteiger partial charge in [-0.1, -0.05) is 31.9 Å². The van der Waals surface area contributed by atoms with E-state index in [1.807, 2.05) is 36.9 Å². The van der Waals surface area contributed by atoms with E-state index < -0.39 is 0 Å². The SMILES string of the molecule is CC1CN(C(=O)c2cc(Br)cc(Br)c2)CC(C)O1. The Kier molecular flexibility index (Phi) is 4.45. The first-order valence-corrected chi connectivity index (χ1v) is 7.45. The molecule has 1 aliphatic heterocycles. The molecule has 0 aromatic heterocycles. The summed E-state index contributed by atoms with van der Waals surface area (Å²) in [6, 6.07) is 5.61. The zero-order chi connectivity index (χ0) is 13.3. The van der Waals surface area contributed by atoms with Crippen LogP contribution in [0.25, 0.3) is 0 Å². The van der Waals surface area contributed by atoms with Crippen LogP contribution in [0, 0.1) is 0 Å². The number of hydrogen-bond donors (Lipinski definition) is 0. The van der Waals surface area contributed by atoms with E-state index in [-0.39, 0.29) is 18.1 Å². The Morgan fingerprint density at radius 2 is 1.67 bits per heavy atom. The van der Waals surface area contributed by atoms with Crippen LogP contribution >= 0.6 is 31.9 Å². The van der Waals surface area contributed by atoms with Crippen molar-refractivity contribution in [1.82, 2.24) is 4.90 Å². The minimum Gasteiger partial charge on any atom is -0.372 e. The summed E-state index contributed by atoms with van der Waals surface area (Å²) in [6.07, 6.45) is 0.182. The summed E-state index contributed by atoms with van der Waals surface area (Å²) in [5.41, 5.74) is 0.692. The van der Waals surface area contributed by atoms with E-state index in [0.717, 1.165) is 8.95 Å². The molecule has 3 nitrogen and oxygen atoms in total. The Morgan fingerprint density at radius 3 is 2.17 bits per heavy atom. The molecule has 1 fully saturated rings. The van der Waals surface area contributed by atoms with Crippen molar-refractivity contribution in [2.24, 2.45) is 0 Å². The van der Waals surface area contributed by atoms with Crippen LogP contribution in [0.4, 0.5) is 0 Å². The largest absolute Gasteiger partial charge is 0.372 e. The maximum atomic E-state index is 12.4. The molecule has 1 aliphatic rings. The highest BCUT2D eigenvalue weighted by Gasteiger charge is 2.26. The molecule has 5 heteroatoms. The van der Waals surface area contributed by atoms with Gasteiger partial charge in [-0.2, -0.15) is 0 Å². The molecule has 98 valence electrons. The molecule has 2 rings (SSSR count). The zero-order valence-corrected chi connectivity index (χ0v) is 13.5. The van der Waals surface area contributed by atoms with Crippen molar-refractivity contribution in [2.45, 2.75) is 26.1 Å². The normalized spacial score (nSPS) is 24.1. The Hall–Kier alpha value is -0.390. The molecule has 2 atom stereocenters. The van der Waals surface area contributed by atoms with Gasteiger partial charge in [-0.25, -0.2) is 0 Å². The Labute approximate surface area is 124 Å². The van der Waals surface area contributed by atoms with Crippen molar-refractivity contribution in [3.05, 3.63) is 32.7 Å². The molecule has 0 bridgehead atoms. The number of benzene rings is 1. The van der Waals surface area contributed by atoms with Crippen LogP contribution in [0.1, 0.15) is 24.2 Å². The second-order valence-electron chi connectivity index (χ2n) is 4.63. The van der Waals surface area contributed by atoms with Crippen molar-refractivity contribution in [3.8, 4) is 0 Å². The number of hydrogen-bond acceptors (Lipinski definition) is 2. The van der Waals surface area contributed by atoms with Crippen molar-refractivity contribution >= 4 is 37.8 Å². The summed E-state index contributed by atoms with van der Waals surface area (Å²) < 4.78 is 7.43. The third kappa shape index (κ3) is 3.33. The van der Waals surface area contributed by atoms with Gasteiger partial charge in [-0.3, -0.25) is 4.79 Å². The first-order valence-electron chi connectivity index (χ1n) is 5.86. The van der Waals surface area contributed by atoms with E-state index in [2.05, 4.69) is 31.9 Å². The smallest absolute Gasteiger partial charge is 0.254 e. The minimum absolute atomic E-state index is 0.0546. The van der Waals surface area contributed by atoms with Crippen molar-refractivity contribution in [1.29, 1.82) is 0 Å². The lowest BCUT2D eigenvalue weighted by Gasteiger charge is -2.35. The molecule has 1 heterocycles. The third-order valence-electron chi connectivity index (χ3n) is 2.82. The average Bonchev–Trinajstić information content (AvgIpc) is 2.25. The molecule has 1 aromatic carbocycles. The van der Waals surface area contributed by atoms with Crippen LogP contribution < -0.4 is 0 Å². The van der Waals surface area contributed by atoms with Gasteiger partial charge in [0.05, 0.1) is 12.2 Å². The lowest BCUT2D eigenvalue weighted by atomic mass is 10.1. The number of ether oxygens (including phenoxy) is 1. The number of amides is 1. The summed E-state index contributed by atoms with van der Waals surface area (Å²) in [6.45, 7) is 5.28. The Balaban J connectivity index is 2.20. The predicted octanol–water partition coefficient (Wildman–Crippen LogP) is 3.46. The van der Waals surface area contributed by atoms with Gasteiger partial charge in [-0.05, 0) is 32.0 Å². The summed E-state index contributed by atoms with van der Waals surface area (Å²) in [5, 5.41) is 0. The van der Waals surface area contributed by atoms with Gasteiger partial charge >= 0.3 is 0 Å². The lowest BCUT2D eigenvalue weighted by Crippen LogP contribution is -2.48. The zero-order valence-electron chi connectivity index (χ0n) is 10.3. The number of carbonyl (C=O) groups is 1. The van der Waals surface area contributed by atoms with Crippen LogP contribution in [0.2, 0.25) is 0 Å². The molecular formula is C13H15Br2NO2. The van der Waals surface area contributed by atoms with E-state index in [4.69, 9.17) is 4.74 Å². The molecule has 1 amide bonds. The Bertz CT molecular complexity index is 434. The van der Waals surface area contributed by atoms with Crippen LogP contribution in [-0.4, -0.2) is 36.1 Å². The summed E-state index contributed by atoms with van der Waals surface area (Å²) in [7, 11) is 0. The van der Waals surface area contributed by atoms with Gasteiger partial charge in [0.15, 0.2) is 0 Å². The van der Waals surface area contributed by atoms with E-state index in [0.29, 0.717) is 18.7 Å². The monoisotopic (exact) mass is 375 g/mol. The molecule has 0 saturated carbocycles. The maximum Gasteiger partial charge on any atom is 0.254 e. The van der Waals surface area contributed by atoms with Crippen LogP contribution in [0.15, 0.2) is 27.1 Å². The number of nitrogens with zero attached hydrogens (tertiary/aromatic N) is 1. The summed E-state index contributed by atoms with van der Waals surface area (Å²) >= 11 is 6.81. The summed E-state index contributed by atoms with van der Waals surface area (Å²) in [5.74, 6) is 0.0546. The highest BCUT2D eigenvalue weighted by Crippen LogP contribution is 2.22. The van der Waals surface area contributed by atoms with Gasteiger partial charge in [0.1, 0.15) is 0 Å². The van der Waals surface area contributed by atoms with Crippen LogP contribution in [0.5, 0.6) is 0 Å². The molecule has 0 N–H and O–H groups in total. The molecule has 1 saturated heterocycles. The number of rotatable bonds is 1. The van der Waals surface area contributed by atoms with Crippen molar-refractivity contribution < 1.29 is 9.53 Å². The highest BCUT2D eigenvalue weighted by molar-refractivity contribution is 9.11. The molecular weight excluding hydrogens is 362 g/mol. The third-order valence-corrected chi connectivity index (χ3v) is 3.73. The molecule has 0 radical (unpaired) electrons. The fourth-order valence-electron chi connectivity index (χ4n) is 2.20. The predicted molar refractivity (Wildman–Crippen MR) is 77.8 cm³/mol. The van der Waals surface area contributed by atoms with Crippen LogP contribution in [-0.2, 0) is 4.74 Å². The molecule has 1 aromatic rings. The standard InChI is InChI=1S/C13H15Br2NO2/c1-8-6-16(7-9(2)18-8)13(17)10-3-11(14)5-12(15)4-10/h3-5,8-9H,6-7H2,1-2H3. The summed E-state index contributed by atoms with van der Waals surface area (Å²) in [4.78, 5) is 14.3. The van der Waals surface area contributed by atoms with Crippen molar-refractivity contribution in [2.75, 3.05) is 13.1 Å². The lowest BCUT2D eigenvalue weighted by molar-refractivity contribution is -0.0586. The van der Waals surface area contributed by atoms with Gasteiger partial charge in [0.25, 0.3) is 5.91 Å².